The summed E-state index contributed by atoms with van der Waals surface area (Å²) < 4.78 is 10.5. The normalized spacial score (nSPS) is 19.3. The second kappa shape index (κ2) is 6.94. The van der Waals surface area contributed by atoms with E-state index >= 15 is 0 Å². The Labute approximate surface area is 131 Å². The number of hydrazine groups is 4. The first-order chi connectivity index (χ1) is 11.2. The third-order valence-corrected chi connectivity index (χ3v) is 3.29. The largest absolute Gasteiger partial charge is 0.469 e. The molecule has 1 atom stereocenters. The number of nitrogens with zero attached hydrogens (tertiary/aromatic N) is 4. The second-order valence-corrected chi connectivity index (χ2v) is 5.00. The molecule has 0 saturated carbocycles. The lowest BCUT2D eigenvalue weighted by Gasteiger charge is -2.36. The molecule has 3 rings (SSSR count). The Kier molecular flexibility index (Phi) is 4.54. The Morgan fingerprint density at radius 1 is 1.43 bits per heavy atom. The summed E-state index contributed by atoms with van der Waals surface area (Å²) in [6.07, 6.45) is 5.35. The van der Waals surface area contributed by atoms with Crippen LogP contribution in [0.25, 0.3) is 0 Å². The minimum absolute atomic E-state index is 0.180. The van der Waals surface area contributed by atoms with Crippen LogP contribution in [-0.2, 0) is 6.42 Å². The van der Waals surface area contributed by atoms with E-state index in [0.717, 1.165) is 11.0 Å². The smallest absolute Gasteiger partial charge is 0.176 e. The van der Waals surface area contributed by atoms with Crippen molar-refractivity contribution in [3.05, 3.63) is 58.4 Å². The molecular weight excluding hydrogens is 304 g/mol. The van der Waals surface area contributed by atoms with Gasteiger partial charge >= 0.3 is 0 Å². The molecule has 23 heavy (non-hydrogen) atoms. The number of hydrazone groups is 1. The number of hydrogen-bond donors (Lipinski definition) is 2. The lowest BCUT2D eigenvalue weighted by atomic mass is 10.0. The number of nitrogens with one attached hydrogen (secondary N) is 2. The Morgan fingerprint density at radius 3 is 2.96 bits per heavy atom. The third kappa shape index (κ3) is 4.08. The first-order valence-corrected chi connectivity index (χ1v) is 7.02. The van der Waals surface area contributed by atoms with Gasteiger partial charge in [0.1, 0.15) is 11.5 Å². The average molecular weight is 320 g/mol. The van der Waals surface area contributed by atoms with Gasteiger partial charge < -0.3 is 8.83 Å². The van der Waals surface area contributed by atoms with Gasteiger partial charge in [0.2, 0.25) is 0 Å². The molecule has 2 aromatic heterocycles. The maximum atomic E-state index is 10.7. The van der Waals surface area contributed by atoms with Crippen LogP contribution in [0.15, 0.2) is 50.7 Å². The fraction of sp³-hybridized carbons (Fsp3) is 0.308. The Hall–Kier alpha value is -2.85. The highest BCUT2D eigenvalue weighted by atomic mass is 16.7. The molecule has 0 radical (unpaired) electrons. The molecule has 3 heterocycles. The standard InChI is InChI=1S/C13H16N6O4/c20-19(21)16-18-15-8-11(7-12-3-1-5-22-12)10-17(18)14-9-13-4-2-6-23-13/h1-6,9,11,15-16H,7-8,10H2/b14-9+. The molecule has 0 bridgehead atoms. The zero-order valence-corrected chi connectivity index (χ0v) is 12.2. The summed E-state index contributed by atoms with van der Waals surface area (Å²) in [5, 5.41) is 16.8. The zero-order chi connectivity index (χ0) is 16.1. The monoisotopic (exact) mass is 320 g/mol. The van der Waals surface area contributed by atoms with Crippen molar-refractivity contribution in [2.24, 2.45) is 11.0 Å². The predicted octanol–water partition coefficient (Wildman–Crippen LogP) is 0.799. The van der Waals surface area contributed by atoms with E-state index in [9.17, 15) is 10.1 Å². The van der Waals surface area contributed by atoms with E-state index in [1.165, 1.54) is 17.6 Å². The van der Waals surface area contributed by atoms with Gasteiger partial charge in [-0.3, -0.25) is 0 Å². The fourth-order valence-electron chi connectivity index (χ4n) is 2.28. The maximum absolute atomic E-state index is 10.7. The molecule has 1 saturated heterocycles. The van der Waals surface area contributed by atoms with E-state index in [4.69, 9.17) is 8.83 Å². The van der Waals surface area contributed by atoms with Crippen LogP contribution in [-0.4, -0.2) is 34.7 Å². The zero-order valence-electron chi connectivity index (χ0n) is 12.2. The lowest BCUT2D eigenvalue weighted by Crippen LogP contribution is -2.64. The quantitative estimate of drug-likeness (QED) is 0.456. The van der Waals surface area contributed by atoms with Gasteiger partial charge in [-0.25, -0.2) is 15.5 Å². The highest BCUT2D eigenvalue weighted by molar-refractivity contribution is 5.75. The van der Waals surface area contributed by atoms with E-state index < -0.39 is 5.03 Å². The van der Waals surface area contributed by atoms with Crippen LogP contribution in [0.1, 0.15) is 11.5 Å². The molecule has 1 aliphatic rings. The topological polar surface area (TPSA) is 112 Å². The second-order valence-electron chi connectivity index (χ2n) is 5.00. The fourth-order valence-corrected chi connectivity index (χ4v) is 2.28. The van der Waals surface area contributed by atoms with Crippen LogP contribution >= 0.6 is 0 Å². The van der Waals surface area contributed by atoms with Crippen molar-refractivity contribution in [1.82, 2.24) is 21.3 Å². The van der Waals surface area contributed by atoms with Crippen LogP contribution in [0.5, 0.6) is 0 Å². The Balaban J connectivity index is 1.67. The summed E-state index contributed by atoms with van der Waals surface area (Å²) in [6.45, 7) is 1.03. The van der Waals surface area contributed by atoms with E-state index in [-0.39, 0.29) is 5.92 Å². The molecule has 0 amide bonds. The maximum Gasteiger partial charge on any atom is 0.176 e. The van der Waals surface area contributed by atoms with Gasteiger partial charge in [0.25, 0.3) is 0 Å². The molecule has 122 valence electrons. The van der Waals surface area contributed by atoms with E-state index in [2.05, 4.69) is 10.5 Å². The summed E-state index contributed by atoms with van der Waals surface area (Å²) in [4.78, 5) is 10.7. The van der Waals surface area contributed by atoms with Crippen molar-refractivity contribution >= 4 is 6.21 Å². The lowest BCUT2D eigenvalue weighted by molar-refractivity contribution is -0.599. The molecule has 0 spiro atoms. The average Bonchev–Trinajstić information content (AvgIpc) is 3.20. The summed E-state index contributed by atoms with van der Waals surface area (Å²) in [7, 11) is 0. The van der Waals surface area contributed by atoms with Gasteiger partial charge in [-0.05, 0) is 29.8 Å². The van der Waals surface area contributed by atoms with Crippen LogP contribution in [0, 0.1) is 16.0 Å². The molecule has 0 aliphatic carbocycles. The van der Waals surface area contributed by atoms with E-state index in [1.54, 1.807) is 18.4 Å². The minimum Gasteiger partial charge on any atom is -0.469 e. The molecule has 1 fully saturated rings. The molecule has 0 aromatic carbocycles. The van der Waals surface area contributed by atoms with Crippen molar-refractivity contribution < 1.29 is 13.9 Å². The molecule has 1 aliphatic heterocycles. The Morgan fingerprint density at radius 2 is 2.26 bits per heavy atom. The van der Waals surface area contributed by atoms with Crippen LogP contribution in [0.4, 0.5) is 0 Å². The van der Waals surface area contributed by atoms with Gasteiger partial charge in [-0.15, -0.1) is 0 Å². The van der Waals surface area contributed by atoms with Crippen molar-refractivity contribution in [2.75, 3.05) is 13.1 Å². The number of rotatable bonds is 6. The van der Waals surface area contributed by atoms with Gasteiger partial charge in [0.15, 0.2) is 5.03 Å². The third-order valence-electron chi connectivity index (χ3n) is 3.29. The molecule has 2 aromatic rings. The van der Waals surface area contributed by atoms with E-state index in [0.29, 0.717) is 25.3 Å². The number of furan rings is 2. The number of nitro groups is 1. The predicted molar refractivity (Wildman–Crippen MR) is 78.9 cm³/mol. The van der Waals surface area contributed by atoms with E-state index in [1.807, 2.05) is 17.7 Å². The van der Waals surface area contributed by atoms with Crippen LogP contribution in [0.3, 0.4) is 0 Å². The van der Waals surface area contributed by atoms with Crippen LogP contribution < -0.4 is 11.0 Å². The van der Waals surface area contributed by atoms with Crippen LogP contribution in [0.2, 0.25) is 0 Å². The molecule has 1 unspecified atom stereocenters. The van der Waals surface area contributed by atoms with Crippen molar-refractivity contribution in [2.45, 2.75) is 6.42 Å². The SMILES string of the molecule is O=[N+]([O-])NN1NCC(Cc2ccco2)CN1/N=C/c1ccco1. The summed E-state index contributed by atoms with van der Waals surface area (Å²) in [5.74, 6) is 1.60. The highest BCUT2D eigenvalue weighted by Gasteiger charge is 2.28. The molecule has 10 nitrogen and oxygen atoms in total. The molecule has 2 N–H and O–H groups in total. The van der Waals surface area contributed by atoms with Gasteiger partial charge in [-0.2, -0.15) is 10.2 Å². The molecular formula is C13H16N6O4. The van der Waals surface area contributed by atoms with Crippen molar-refractivity contribution in [1.29, 1.82) is 0 Å². The number of hydrogen-bond acceptors (Lipinski definition) is 8. The summed E-state index contributed by atoms with van der Waals surface area (Å²) in [6, 6.07) is 7.21. The van der Waals surface area contributed by atoms with Gasteiger partial charge in [0, 0.05) is 24.1 Å². The van der Waals surface area contributed by atoms with Crippen molar-refractivity contribution in [3.63, 3.8) is 0 Å². The first-order valence-electron chi connectivity index (χ1n) is 7.02. The van der Waals surface area contributed by atoms with Gasteiger partial charge in [0.05, 0.1) is 25.3 Å². The highest BCUT2D eigenvalue weighted by Crippen LogP contribution is 2.15. The summed E-state index contributed by atoms with van der Waals surface area (Å²) in [5.41, 5.74) is 4.96. The first kappa shape index (κ1) is 15.1. The summed E-state index contributed by atoms with van der Waals surface area (Å²) >= 11 is 0. The van der Waals surface area contributed by atoms with Gasteiger partial charge in [-0.1, -0.05) is 0 Å². The molecule has 10 heteroatoms. The van der Waals surface area contributed by atoms with Crippen molar-refractivity contribution in [3.8, 4) is 0 Å². The minimum atomic E-state index is -0.657. The Bertz CT molecular complexity index is 641.